The number of hydrogen-bond donors (Lipinski definition) is 1. The first-order chi connectivity index (χ1) is 10.1. The second kappa shape index (κ2) is 6.80. The molecule has 0 radical (unpaired) electrons. The van der Waals surface area contributed by atoms with E-state index in [0.717, 1.165) is 31.4 Å². The molecule has 1 atom stereocenters. The smallest absolute Gasteiger partial charge is 0.256 e. The molecule has 0 aromatic heterocycles. The molecule has 5 heteroatoms. The third-order valence-electron chi connectivity index (χ3n) is 3.73. The summed E-state index contributed by atoms with van der Waals surface area (Å²) in [5, 5.41) is 5.92. The first-order valence-corrected chi connectivity index (χ1v) is 7.46. The van der Waals surface area contributed by atoms with Crippen LogP contribution in [-0.2, 0) is 4.79 Å². The maximum atomic E-state index is 13.2. The van der Waals surface area contributed by atoms with Gasteiger partial charge in [0.2, 0.25) is 0 Å². The highest BCUT2D eigenvalue weighted by atomic mass is 19.1. The lowest BCUT2D eigenvalue weighted by molar-refractivity contribution is -0.119. The number of amides is 1. The lowest BCUT2D eigenvalue weighted by Gasteiger charge is -2.16. The van der Waals surface area contributed by atoms with Gasteiger partial charge in [-0.2, -0.15) is 10.1 Å². The van der Waals surface area contributed by atoms with E-state index in [9.17, 15) is 9.18 Å². The summed E-state index contributed by atoms with van der Waals surface area (Å²) < 4.78 is 13.2. The molecule has 1 aliphatic heterocycles. The van der Waals surface area contributed by atoms with Crippen LogP contribution < -0.4 is 10.7 Å². The normalized spacial score (nSPS) is 18.3. The lowest BCUT2D eigenvalue weighted by atomic mass is 9.94. The Kier molecular flexibility index (Phi) is 5.07. The van der Waals surface area contributed by atoms with Gasteiger partial charge in [0, 0.05) is 0 Å². The number of halogens is 1. The van der Waals surface area contributed by atoms with Crippen LogP contribution in [0.3, 0.4) is 0 Å². The van der Waals surface area contributed by atoms with Crippen molar-refractivity contribution in [2.75, 3.05) is 11.6 Å². The Morgan fingerprint density at radius 1 is 1.43 bits per heavy atom. The van der Waals surface area contributed by atoms with E-state index in [1.54, 1.807) is 13.0 Å². The number of nitrogens with zero attached hydrogens (tertiary/aromatic N) is 2. The van der Waals surface area contributed by atoms with Gasteiger partial charge in [-0.25, -0.2) is 4.39 Å². The largest absolute Gasteiger partial charge is 0.330 e. The van der Waals surface area contributed by atoms with Crippen molar-refractivity contribution in [1.29, 1.82) is 0 Å². The van der Waals surface area contributed by atoms with Crippen LogP contribution >= 0.6 is 0 Å². The van der Waals surface area contributed by atoms with Gasteiger partial charge in [-0.15, -0.1) is 0 Å². The molecule has 1 aromatic carbocycles. The molecule has 0 fully saturated rings. The number of carbonyl (C=O) groups is 1. The minimum absolute atomic E-state index is 0.0263. The number of anilines is 1. The molecule has 2 N–H and O–H groups in total. The van der Waals surface area contributed by atoms with Crippen molar-refractivity contribution in [2.24, 2.45) is 16.8 Å². The molecule has 21 heavy (non-hydrogen) atoms. The Hall–Kier alpha value is -1.75. The van der Waals surface area contributed by atoms with Crippen LogP contribution in [0.2, 0.25) is 0 Å². The second-order valence-corrected chi connectivity index (χ2v) is 5.41. The van der Waals surface area contributed by atoms with Gasteiger partial charge in [0.15, 0.2) is 0 Å². The Labute approximate surface area is 124 Å². The predicted molar refractivity (Wildman–Crippen MR) is 82.7 cm³/mol. The zero-order valence-corrected chi connectivity index (χ0v) is 12.6. The van der Waals surface area contributed by atoms with Crippen molar-refractivity contribution in [3.05, 3.63) is 29.6 Å². The molecule has 1 heterocycles. The van der Waals surface area contributed by atoms with Crippen LogP contribution in [-0.4, -0.2) is 18.2 Å². The van der Waals surface area contributed by atoms with Gasteiger partial charge in [-0.1, -0.05) is 13.3 Å². The summed E-state index contributed by atoms with van der Waals surface area (Å²) in [6.45, 7) is 4.42. The second-order valence-electron chi connectivity index (χ2n) is 5.41. The van der Waals surface area contributed by atoms with Crippen molar-refractivity contribution in [3.63, 3.8) is 0 Å². The summed E-state index contributed by atoms with van der Waals surface area (Å²) in [5.41, 5.74) is 7.84. The molecule has 2 rings (SSSR count). The van der Waals surface area contributed by atoms with Gasteiger partial charge in [0.05, 0.1) is 17.3 Å². The summed E-state index contributed by atoms with van der Waals surface area (Å²) in [5.74, 6) is -0.514. The van der Waals surface area contributed by atoms with E-state index in [0.29, 0.717) is 17.8 Å². The first-order valence-electron chi connectivity index (χ1n) is 7.46. The third-order valence-corrected chi connectivity index (χ3v) is 3.73. The van der Waals surface area contributed by atoms with Gasteiger partial charge in [-0.05, 0) is 56.5 Å². The molecule has 0 spiro atoms. The van der Waals surface area contributed by atoms with E-state index in [1.807, 2.05) is 0 Å². The molecule has 0 bridgehead atoms. The minimum Gasteiger partial charge on any atom is -0.330 e. The lowest BCUT2D eigenvalue weighted by Crippen LogP contribution is -2.28. The molecule has 0 aliphatic carbocycles. The minimum atomic E-state index is -0.305. The van der Waals surface area contributed by atoms with E-state index < -0.39 is 0 Å². The van der Waals surface area contributed by atoms with Crippen LogP contribution in [0, 0.1) is 18.7 Å². The van der Waals surface area contributed by atoms with E-state index in [2.05, 4.69) is 12.0 Å². The van der Waals surface area contributed by atoms with Crippen molar-refractivity contribution >= 4 is 17.3 Å². The number of rotatable bonds is 6. The number of aryl methyl sites for hydroxylation is 1. The van der Waals surface area contributed by atoms with Crippen molar-refractivity contribution in [1.82, 2.24) is 0 Å². The maximum Gasteiger partial charge on any atom is 0.256 e. The highest BCUT2D eigenvalue weighted by Crippen LogP contribution is 2.30. The first kappa shape index (κ1) is 15.6. The molecule has 4 nitrogen and oxygen atoms in total. The van der Waals surface area contributed by atoms with Crippen LogP contribution in [0.5, 0.6) is 0 Å². The molecular weight excluding hydrogens is 269 g/mol. The van der Waals surface area contributed by atoms with E-state index in [-0.39, 0.29) is 17.6 Å². The van der Waals surface area contributed by atoms with Crippen LogP contribution in [0.25, 0.3) is 0 Å². The average molecular weight is 291 g/mol. The molecule has 1 aromatic rings. The molecule has 1 aliphatic rings. The summed E-state index contributed by atoms with van der Waals surface area (Å²) >= 11 is 0. The molecule has 1 amide bonds. The summed E-state index contributed by atoms with van der Waals surface area (Å²) in [7, 11) is 0. The maximum absolute atomic E-state index is 13.2. The Bertz CT molecular complexity index is 556. The monoisotopic (exact) mass is 291 g/mol. The van der Waals surface area contributed by atoms with Crippen molar-refractivity contribution < 1.29 is 9.18 Å². The number of hydrogen-bond acceptors (Lipinski definition) is 3. The van der Waals surface area contributed by atoms with Gasteiger partial charge >= 0.3 is 0 Å². The SMILES string of the molecule is CCCC1=NN(c2ccc(F)cc2C)C(=O)C1CCCN. The molecule has 0 saturated carbocycles. The van der Waals surface area contributed by atoms with E-state index in [4.69, 9.17) is 5.73 Å². The standard InChI is InChI=1S/C16H22FN3O/c1-3-5-14-13(6-4-9-18)16(21)20(19-14)15-8-7-12(17)10-11(15)2/h7-8,10,13H,3-6,9,18H2,1-2H3. The Balaban J connectivity index is 2.29. The zero-order chi connectivity index (χ0) is 15.4. The Morgan fingerprint density at radius 3 is 2.81 bits per heavy atom. The number of benzene rings is 1. The van der Waals surface area contributed by atoms with Gasteiger partial charge in [-0.3, -0.25) is 4.79 Å². The number of hydrazone groups is 1. The van der Waals surface area contributed by atoms with Gasteiger partial charge in [0.25, 0.3) is 5.91 Å². The van der Waals surface area contributed by atoms with Gasteiger partial charge in [0.1, 0.15) is 5.82 Å². The summed E-state index contributed by atoms with van der Waals surface area (Å²) in [6, 6.07) is 4.39. The van der Waals surface area contributed by atoms with Crippen LogP contribution in [0.15, 0.2) is 23.3 Å². The fraction of sp³-hybridized carbons (Fsp3) is 0.500. The number of carbonyl (C=O) groups excluding carboxylic acids is 1. The van der Waals surface area contributed by atoms with E-state index in [1.165, 1.54) is 17.1 Å². The van der Waals surface area contributed by atoms with Crippen LogP contribution in [0.4, 0.5) is 10.1 Å². The molecular formula is C16H22FN3O. The predicted octanol–water partition coefficient (Wildman–Crippen LogP) is 2.99. The highest BCUT2D eigenvalue weighted by molar-refractivity contribution is 6.15. The van der Waals surface area contributed by atoms with Crippen molar-refractivity contribution in [2.45, 2.75) is 39.5 Å². The van der Waals surface area contributed by atoms with Crippen molar-refractivity contribution in [3.8, 4) is 0 Å². The fourth-order valence-corrected chi connectivity index (χ4v) is 2.66. The fourth-order valence-electron chi connectivity index (χ4n) is 2.66. The third kappa shape index (κ3) is 3.29. The summed E-state index contributed by atoms with van der Waals surface area (Å²) in [4.78, 5) is 12.6. The van der Waals surface area contributed by atoms with Gasteiger partial charge < -0.3 is 5.73 Å². The highest BCUT2D eigenvalue weighted by Gasteiger charge is 2.35. The molecule has 0 saturated heterocycles. The van der Waals surface area contributed by atoms with Crippen LogP contribution in [0.1, 0.15) is 38.2 Å². The topological polar surface area (TPSA) is 58.7 Å². The quantitative estimate of drug-likeness (QED) is 0.876. The zero-order valence-electron chi connectivity index (χ0n) is 12.6. The number of nitrogens with two attached hydrogens (primary N) is 1. The molecule has 114 valence electrons. The van der Waals surface area contributed by atoms with E-state index >= 15 is 0 Å². The molecule has 1 unspecified atom stereocenters. The average Bonchev–Trinajstić information content (AvgIpc) is 2.74. The summed E-state index contributed by atoms with van der Waals surface area (Å²) in [6.07, 6.45) is 3.28. The Morgan fingerprint density at radius 2 is 2.19 bits per heavy atom.